The minimum atomic E-state index is 0.704. The standard InChI is InChI=1S/C14H15ClN2S2/c1-10-4-3-5-11(8-10)16-14(18)17(2)9-12-6-7-13(15)19-12/h3-8H,9H2,1-2H3,(H,16,18). The van der Waals surface area contributed by atoms with Gasteiger partial charge < -0.3 is 10.2 Å². The summed E-state index contributed by atoms with van der Waals surface area (Å²) in [5.41, 5.74) is 2.22. The van der Waals surface area contributed by atoms with Crippen molar-refractivity contribution in [3.05, 3.63) is 51.2 Å². The molecule has 19 heavy (non-hydrogen) atoms. The Bertz CT molecular complexity index is 580. The van der Waals surface area contributed by atoms with E-state index in [0.717, 1.165) is 16.6 Å². The average Bonchev–Trinajstić information content (AvgIpc) is 2.74. The van der Waals surface area contributed by atoms with Gasteiger partial charge in [-0.2, -0.15) is 0 Å². The van der Waals surface area contributed by atoms with E-state index >= 15 is 0 Å². The van der Waals surface area contributed by atoms with E-state index in [1.54, 1.807) is 11.3 Å². The second-order valence-corrected chi connectivity index (χ2v) is 6.55. The molecule has 0 amide bonds. The first-order chi connectivity index (χ1) is 9.04. The van der Waals surface area contributed by atoms with Crippen LogP contribution in [0, 0.1) is 6.92 Å². The predicted octanol–water partition coefficient (Wildman–Crippen LogP) is 4.54. The Hall–Kier alpha value is -1.10. The first kappa shape index (κ1) is 14.3. The van der Waals surface area contributed by atoms with Crippen molar-refractivity contribution in [2.75, 3.05) is 12.4 Å². The molecule has 0 saturated heterocycles. The average molecular weight is 311 g/mol. The van der Waals surface area contributed by atoms with Gasteiger partial charge in [0.2, 0.25) is 0 Å². The molecule has 100 valence electrons. The monoisotopic (exact) mass is 310 g/mol. The molecule has 5 heteroatoms. The van der Waals surface area contributed by atoms with Gasteiger partial charge in [0.25, 0.3) is 0 Å². The van der Waals surface area contributed by atoms with Crippen molar-refractivity contribution in [2.24, 2.45) is 0 Å². The van der Waals surface area contributed by atoms with Crippen LogP contribution in [-0.4, -0.2) is 17.1 Å². The Labute approximate surface area is 128 Å². The van der Waals surface area contributed by atoms with Crippen LogP contribution in [0.3, 0.4) is 0 Å². The number of nitrogens with zero attached hydrogens (tertiary/aromatic N) is 1. The van der Waals surface area contributed by atoms with Gasteiger partial charge in [0.05, 0.1) is 10.9 Å². The fourth-order valence-corrected chi connectivity index (χ4v) is 3.01. The minimum absolute atomic E-state index is 0.704. The third kappa shape index (κ3) is 4.20. The smallest absolute Gasteiger partial charge is 0.173 e. The van der Waals surface area contributed by atoms with Crippen LogP contribution in [0.1, 0.15) is 10.4 Å². The summed E-state index contributed by atoms with van der Waals surface area (Å²) in [6.45, 7) is 2.82. The second-order valence-electron chi connectivity index (χ2n) is 4.36. The third-order valence-corrected chi connectivity index (χ3v) is 4.27. The normalized spacial score (nSPS) is 10.3. The summed E-state index contributed by atoms with van der Waals surface area (Å²) >= 11 is 12.9. The van der Waals surface area contributed by atoms with Gasteiger partial charge >= 0.3 is 0 Å². The predicted molar refractivity (Wildman–Crippen MR) is 88.2 cm³/mol. The van der Waals surface area contributed by atoms with Crippen LogP contribution in [0.15, 0.2) is 36.4 Å². The Kier molecular flexibility index (Phi) is 4.80. The molecule has 0 radical (unpaired) electrons. The van der Waals surface area contributed by atoms with Crippen molar-refractivity contribution in [3.8, 4) is 0 Å². The fraction of sp³-hybridized carbons (Fsp3) is 0.214. The number of halogens is 1. The van der Waals surface area contributed by atoms with Crippen molar-refractivity contribution in [2.45, 2.75) is 13.5 Å². The van der Waals surface area contributed by atoms with Crippen molar-refractivity contribution in [1.29, 1.82) is 0 Å². The van der Waals surface area contributed by atoms with Gasteiger partial charge in [-0.05, 0) is 49.0 Å². The molecule has 0 spiro atoms. The van der Waals surface area contributed by atoms with E-state index in [1.165, 1.54) is 10.4 Å². The number of hydrogen-bond acceptors (Lipinski definition) is 2. The third-order valence-electron chi connectivity index (χ3n) is 2.64. The Morgan fingerprint density at radius 2 is 2.16 bits per heavy atom. The highest BCUT2D eigenvalue weighted by Crippen LogP contribution is 2.22. The van der Waals surface area contributed by atoms with Crippen LogP contribution >= 0.6 is 35.2 Å². The van der Waals surface area contributed by atoms with Gasteiger partial charge in [-0.3, -0.25) is 0 Å². The highest BCUT2D eigenvalue weighted by molar-refractivity contribution is 7.80. The van der Waals surface area contributed by atoms with Crippen LogP contribution in [0.25, 0.3) is 0 Å². The van der Waals surface area contributed by atoms with Crippen LogP contribution in [0.5, 0.6) is 0 Å². The minimum Gasteiger partial charge on any atom is -0.347 e. The topological polar surface area (TPSA) is 15.3 Å². The Morgan fingerprint density at radius 3 is 2.79 bits per heavy atom. The van der Waals surface area contributed by atoms with E-state index in [0.29, 0.717) is 5.11 Å². The lowest BCUT2D eigenvalue weighted by molar-refractivity contribution is 0.514. The van der Waals surface area contributed by atoms with Gasteiger partial charge in [-0.1, -0.05) is 23.7 Å². The first-order valence-corrected chi connectivity index (χ1v) is 7.48. The van der Waals surface area contributed by atoms with Gasteiger partial charge in [0, 0.05) is 17.6 Å². The molecule has 0 unspecified atom stereocenters. The molecule has 1 heterocycles. The Balaban J connectivity index is 1.96. The number of rotatable bonds is 3. The second kappa shape index (κ2) is 6.37. The van der Waals surface area contributed by atoms with Gasteiger partial charge in [0.1, 0.15) is 0 Å². The lowest BCUT2D eigenvalue weighted by Gasteiger charge is -2.20. The molecule has 0 atom stereocenters. The zero-order chi connectivity index (χ0) is 13.8. The number of anilines is 1. The fourth-order valence-electron chi connectivity index (χ4n) is 1.68. The molecule has 1 aromatic carbocycles. The lowest BCUT2D eigenvalue weighted by atomic mass is 10.2. The number of aryl methyl sites for hydroxylation is 1. The maximum Gasteiger partial charge on any atom is 0.173 e. The van der Waals surface area contributed by atoms with Crippen LogP contribution < -0.4 is 5.32 Å². The van der Waals surface area contributed by atoms with E-state index in [4.69, 9.17) is 23.8 Å². The number of thiocarbonyl (C=S) groups is 1. The highest BCUT2D eigenvalue weighted by atomic mass is 35.5. The van der Waals surface area contributed by atoms with E-state index in [-0.39, 0.29) is 0 Å². The van der Waals surface area contributed by atoms with Crippen LogP contribution in [0.4, 0.5) is 5.69 Å². The quantitative estimate of drug-likeness (QED) is 0.838. The van der Waals surface area contributed by atoms with E-state index in [1.807, 2.05) is 36.2 Å². The van der Waals surface area contributed by atoms with Crippen LogP contribution in [0.2, 0.25) is 4.34 Å². The largest absolute Gasteiger partial charge is 0.347 e. The summed E-state index contributed by atoms with van der Waals surface area (Å²) in [7, 11) is 1.97. The van der Waals surface area contributed by atoms with Crippen molar-refractivity contribution in [1.82, 2.24) is 4.90 Å². The number of thiophene rings is 1. The zero-order valence-corrected chi connectivity index (χ0v) is 13.2. The van der Waals surface area contributed by atoms with Gasteiger partial charge in [-0.15, -0.1) is 11.3 Å². The van der Waals surface area contributed by atoms with Crippen LogP contribution in [-0.2, 0) is 6.54 Å². The van der Waals surface area contributed by atoms with Gasteiger partial charge in [-0.25, -0.2) is 0 Å². The van der Waals surface area contributed by atoms with E-state index < -0.39 is 0 Å². The van der Waals surface area contributed by atoms with Crippen molar-refractivity contribution in [3.63, 3.8) is 0 Å². The molecule has 0 aliphatic heterocycles. The summed E-state index contributed by atoms with van der Waals surface area (Å²) < 4.78 is 0.806. The van der Waals surface area contributed by atoms with Gasteiger partial charge in [0.15, 0.2) is 5.11 Å². The summed E-state index contributed by atoms with van der Waals surface area (Å²) in [5, 5.41) is 3.94. The van der Waals surface area contributed by atoms with Crippen molar-refractivity contribution < 1.29 is 0 Å². The molecule has 0 aliphatic rings. The number of hydrogen-bond donors (Lipinski definition) is 1. The highest BCUT2D eigenvalue weighted by Gasteiger charge is 2.07. The molecule has 1 aromatic heterocycles. The van der Waals surface area contributed by atoms with Crippen molar-refractivity contribution >= 4 is 46.0 Å². The molecular weight excluding hydrogens is 296 g/mol. The number of benzene rings is 1. The summed E-state index contributed by atoms with van der Waals surface area (Å²) in [5.74, 6) is 0. The molecular formula is C14H15ClN2S2. The SMILES string of the molecule is Cc1cccc(NC(=S)N(C)Cc2ccc(Cl)s2)c1. The Morgan fingerprint density at radius 1 is 1.37 bits per heavy atom. The molecule has 2 aromatic rings. The molecule has 2 rings (SSSR count). The molecule has 0 saturated carbocycles. The summed E-state index contributed by atoms with van der Waals surface area (Å²) in [6.07, 6.45) is 0. The van der Waals surface area contributed by atoms with E-state index in [9.17, 15) is 0 Å². The maximum absolute atomic E-state index is 5.92. The summed E-state index contributed by atoms with van der Waals surface area (Å²) in [4.78, 5) is 3.20. The summed E-state index contributed by atoms with van der Waals surface area (Å²) in [6, 6.07) is 12.1. The lowest BCUT2D eigenvalue weighted by Crippen LogP contribution is -2.30. The maximum atomic E-state index is 5.92. The molecule has 0 aliphatic carbocycles. The zero-order valence-electron chi connectivity index (χ0n) is 10.8. The molecule has 0 bridgehead atoms. The first-order valence-electron chi connectivity index (χ1n) is 5.87. The number of nitrogens with one attached hydrogen (secondary N) is 1. The molecule has 0 fully saturated rings. The van der Waals surface area contributed by atoms with E-state index in [2.05, 4.69) is 24.4 Å². The molecule has 2 nitrogen and oxygen atoms in total. The molecule has 1 N–H and O–H groups in total.